The van der Waals surface area contributed by atoms with E-state index in [2.05, 4.69) is 9.98 Å². The number of rotatable bonds is 3. The predicted octanol–water partition coefficient (Wildman–Crippen LogP) is 0.258. The summed E-state index contributed by atoms with van der Waals surface area (Å²) >= 11 is 0. The number of aliphatic hydroxyl groups excluding tert-OH is 1. The molecule has 0 bridgehead atoms. The van der Waals surface area contributed by atoms with Crippen LogP contribution in [0.15, 0.2) is 34.2 Å². The Bertz CT molecular complexity index is 967. The maximum atomic E-state index is 12.2. The summed E-state index contributed by atoms with van der Waals surface area (Å²) in [5, 5.41) is 37.2. The lowest BCUT2D eigenvalue weighted by Gasteiger charge is -2.18. The molecule has 2 heterocycles. The summed E-state index contributed by atoms with van der Waals surface area (Å²) in [4.78, 5) is 53.0. The molecule has 0 fully saturated rings. The molecule has 1 aromatic heterocycles. The summed E-state index contributed by atoms with van der Waals surface area (Å²) < 4.78 is 0. The Morgan fingerprint density at radius 1 is 1.00 bits per heavy atom. The third-order valence-corrected chi connectivity index (χ3v) is 3.38. The van der Waals surface area contributed by atoms with E-state index in [1.807, 2.05) is 0 Å². The van der Waals surface area contributed by atoms with E-state index in [4.69, 9.17) is 10.2 Å². The monoisotopic (exact) mass is 330 g/mol. The molecular formula is C14H6N2O8. The number of carbonyl (C=O) groups excluding carboxylic acids is 1. The molecule has 120 valence electrons. The van der Waals surface area contributed by atoms with Gasteiger partial charge in [0.15, 0.2) is 5.76 Å². The molecule has 0 saturated carbocycles. The van der Waals surface area contributed by atoms with Crippen LogP contribution in [0.3, 0.4) is 0 Å². The molecule has 2 aliphatic rings. The fourth-order valence-electron chi connectivity index (χ4n) is 2.36. The fraction of sp³-hybridized carbons (Fsp3) is 0. The molecule has 1 aromatic rings. The lowest BCUT2D eigenvalue weighted by atomic mass is 9.88. The second-order valence-electron chi connectivity index (χ2n) is 4.78. The number of carboxylic acid groups (broad SMARTS) is 3. The molecule has 0 unspecified atom stereocenters. The van der Waals surface area contributed by atoms with Crippen molar-refractivity contribution in [3.05, 3.63) is 51.7 Å². The summed E-state index contributed by atoms with van der Waals surface area (Å²) in [6, 6.07) is 0.734. The Morgan fingerprint density at radius 2 is 1.67 bits per heavy atom. The van der Waals surface area contributed by atoms with Gasteiger partial charge in [0.05, 0.1) is 11.3 Å². The molecule has 4 N–H and O–H groups in total. The minimum Gasteiger partial charge on any atom is -0.504 e. The second-order valence-corrected chi connectivity index (χ2v) is 4.78. The van der Waals surface area contributed by atoms with Crippen molar-refractivity contribution in [3.63, 3.8) is 0 Å². The number of hydrogen-bond acceptors (Lipinski definition) is 7. The number of allylic oxidation sites excluding steroid dienone is 3. The van der Waals surface area contributed by atoms with E-state index in [1.165, 1.54) is 0 Å². The van der Waals surface area contributed by atoms with E-state index in [-0.39, 0.29) is 16.8 Å². The quantitative estimate of drug-likeness (QED) is 0.605. The molecule has 3 rings (SSSR count). The summed E-state index contributed by atoms with van der Waals surface area (Å²) in [6.07, 6.45) is 0.921. The number of aromatic nitrogens is 1. The zero-order chi connectivity index (χ0) is 17.8. The van der Waals surface area contributed by atoms with E-state index in [0.29, 0.717) is 0 Å². The van der Waals surface area contributed by atoms with Crippen LogP contribution in [-0.4, -0.2) is 54.8 Å². The number of aliphatic hydroxyl groups is 1. The summed E-state index contributed by atoms with van der Waals surface area (Å²) in [5.74, 6) is -6.58. The van der Waals surface area contributed by atoms with Crippen LogP contribution in [0.4, 0.5) is 0 Å². The number of nitrogens with zero attached hydrogens (tertiary/aromatic N) is 2. The van der Waals surface area contributed by atoms with Gasteiger partial charge in [-0.1, -0.05) is 0 Å². The number of aliphatic carboxylic acids is 1. The smallest absolute Gasteiger partial charge is 0.354 e. The van der Waals surface area contributed by atoms with Crippen LogP contribution in [-0.2, 0) is 4.79 Å². The van der Waals surface area contributed by atoms with Gasteiger partial charge in [0.2, 0.25) is 5.78 Å². The van der Waals surface area contributed by atoms with Gasteiger partial charge in [0.1, 0.15) is 17.1 Å². The van der Waals surface area contributed by atoms with Gasteiger partial charge in [-0.05, 0) is 12.1 Å². The molecule has 0 saturated heterocycles. The van der Waals surface area contributed by atoms with Crippen LogP contribution < -0.4 is 0 Å². The number of hydrogen-bond donors (Lipinski definition) is 4. The topological polar surface area (TPSA) is 174 Å². The van der Waals surface area contributed by atoms with Crippen molar-refractivity contribution in [1.82, 2.24) is 4.98 Å². The van der Waals surface area contributed by atoms with Crippen molar-refractivity contribution in [2.24, 2.45) is 4.99 Å². The van der Waals surface area contributed by atoms with Crippen LogP contribution in [0.25, 0.3) is 0 Å². The molecule has 10 nitrogen and oxygen atoms in total. The number of aliphatic imine (C=N–C) groups is 1. The minimum absolute atomic E-state index is 0.253. The number of ketones is 1. The van der Waals surface area contributed by atoms with E-state index in [1.54, 1.807) is 0 Å². The average Bonchev–Trinajstić information content (AvgIpc) is 2.96. The number of pyridine rings is 1. The lowest BCUT2D eigenvalue weighted by Crippen LogP contribution is -2.26. The molecule has 1 aliphatic carbocycles. The van der Waals surface area contributed by atoms with E-state index in [0.717, 1.165) is 12.1 Å². The zero-order valence-electron chi connectivity index (χ0n) is 11.5. The Labute approximate surface area is 131 Å². The third kappa shape index (κ3) is 1.97. The average molecular weight is 330 g/mol. The number of aromatic carboxylic acids is 2. The van der Waals surface area contributed by atoms with Gasteiger partial charge in [-0.3, -0.25) is 4.79 Å². The first-order chi connectivity index (χ1) is 11.2. The van der Waals surface area contributed by atoms with E-state index in [9.17, 15) is 29.4 Å². The zero-order valence-corrected chi connectivity index (χ0v) is 11.5. The Morgan fingerprint density at radius 3 is 2.21 bits per heavy atom. The second kappa shape index (κ2) is 4.84. The first-order valence-corrected chi connectivity index (χ1v) is 6.26. The van der Waals surface area contributed by atoms with Gasteiger partial charge in [-0.25, -0.2) is 24.4 Å². The maximum Gasteiger partial charge on any atom is 0.354 e. The van der Waals surface area contributed by atoms with Gasteiger partial charge in [-0.2, -0.15) is 0 Å². The fourth-order valence-corrected chi connectivity index (χ4v) is 2.36. The molecular weight excluding hydrogens is 324 g/mol. The molecule has 1 aliphatic heterocycles. The molecule has 24 heavy (non-hydrogen) atoms. The van der Waals surface area contributed by atoms with E-state index < -0.39 is 52.1 Å². The Balaban J connectivity index is 2.39. The highest BCUT2D eigenvalue weighted by molar-refractivity contribution is 6.32. The first-order valence-electron chi connectivity index (χ1n) is 6.26. The van der Waals surface area contributed by atoms with Crippen molar-refractivity contribution in [1.29, 1.82) is 0 Å². The highest BCUT2D eigenvalue weighted by atomic mass is 16.4. The van der Waals surface area contributed by atoms with Crippen molar-refractivity contribution < 1.29 is 39.6 Å². The number of Topliss-reactive ketones (excluding diaryl/α,β-unsaturated/α-hetero) is 1. The molecule has 0 amide bonds. The van der Waals surface area contributed by atoms with Crippen LogP contribution in [0.5, 0.6) is 0 Å². The summed E-state index contributed by atoms with van der Waals surface area (Å²) in [6.45, 7) is 0. The first kappa shape index (κ1) is 15.1. The van der Waals surface area contributed by atoms with Gasteiger partial charge in [0.25, 0.3) is 0 Å². The van der Waals surface area contributed by atoms with Gasteiger partial charge in [0, 0.05) is 11.1 Å². The Hall–Kier alpha value is -3.82. The largest absolute Gasteiger partial charge is 0.504 e. The van der Waals surface area contributed by atoms with Crippen LogP contribution >= 0.6 is 0 Å². The highest BCUT2D eigenvalue weighted by Crippen LogP contribution is 2.33. The summed E-state index contributed by atoms with van der Waals surface area (Å²) in [7, 11) is 0. The lowest BCUT2D eigenvalue weighted by molar-refractivity contribution is -0.132. The van der Waals surface area contributed by atoms with Gasteiger partial charge >= 0.3 is 17.9 Å². The predicted molar refractivity (Wildman–Crippen MR) is 74.4 cm³/mol. The molecule has 0 atom stereocenters. The molecule has 10 heteroatoms. The SMILES string of the molecule is O=C(O)C1=CC2=C(O)C(=O)c3nc(C(=O)O)cc(C(=O)O)c3C2=N1. The molecule has 0 spiro atoms. The Kier molecular flexibility index (Phi) is 3.04. The number of fused-ring (bicyclic) bond motifs is 3. The number of carbonyl (C=O) groups is 4. The van der Waals surface area contributed by atoms with Crippen LogP contribution in [0, 0.1) is 0 Å². The standard InChI is InChI=1S/C14H6N2O8/c17-10-4-2-6(14(23)24)15-8(4)7-3(12(19)20)1-5(13(21)22)16-9(7)11(10)18/h1-2,17H,(H,19,20)(H,21,22)(H,23,24). The number of carboxylic acids is 3. The van der Waals surface area contributed by atoms with Crippen molar-refractivity contribution in [3.8, 4) is 0 Å². The van der Waals surface area contributed by atoms with Gasteiger partial charge < -0.3 is 20.4 Å². The molecule has 0 aromatic carbocycles. The maximum absolute atomic E-state index is 12.2. The van der Waals surface area contributed by atoms with Gasteiger partial charge in [-0.15, -0.1) is 0 Å². The van der Waals surface area contributed by atoms with E-state index >= 15 is 0 Å². The van der Waals surface area contributed by atoms with Crippen molar-refractivity contribution >= 4 is 29.4 Å². The summed E-state index contributed by atoms with van der Waals surface area (Å²) in [5.41, 5.74) is -3.27. The van der Waals surface area contributed by atoms with Crippen LogP contribution in [0.1, 0.15) is 36.9 Å². The third-order valence-electron chi connectivity index (χ3n) is 3.38. The molecule has 0 radical (unpaired) electrons. The van der Waals surface area contributed by atoms with Crippen molar-refractivity contribution in [2.45, 2.75) is 0 Å². The van der Waals surface area contributed by atoms with Crippen LogP contribution in [0.2, 0.25) is 0 Å². The highest BCUT2D eigenvalue weighted by Gasteiger charge is 2.38. The minimum atomic E-state index is -1.57. The van der Waals surface area contributed by atoms with Crippen molar-refractivity contribution in [2.75, 3.05) is 0 Å². The normalized spacial score (nSPS) is 15.4.